The van der Waals surface area contributed by atoms with Crippen LogP contribution in [0.15, 0.2) is 11.6 Å². The Bertz CT molecular complexity index is 215. The summed E-state index contributed by atoms with van der Waals surface area (Å²) in [5.41, 5.74) is 0.481. The van der Waals surface area contributed by atoms with Gasteiger partial charge in [0.1, 0.15) is 0 Å². The van der Waals surface area contributed by atoms with E-state index in [4.69, 9.17) is 5.11 Å². The summed E-state index contributed by atoms with van der Waals surface area (Å²) in [6.07, 6.45) is 4.07. The lowest BCUT2D eigenvalue weighted by Crippen LogP contribution is -2.29. The van der Waals surface area contributed by atoms with E-state index in [-0.39, 0.29) is 0 Å². The molecule has 0 spiro atoms. The summed E-state index contributed by atoms with van der Waals surface area (Å²) in [6, 6.07) is 0. The standard InChI is InChI=1S/C10H17NO2/c1-8(10(12)13)7-9-3-5-11(2)6-4-9/h7,9H,3-6H2,1-2H3,(H,12,13). The second kappa shape index (κ2) is 4.42. The van der Waals surface area contributed by atoms with Crippen LogP contribution in [0.2, 0.25) is 0 Å². The van der Waals surface area contributed by atoms with Crippen LogP contribution in [-0.4, -0.2) is 36.1 Å². The zero-order valence-electron chi connectivity index (χ0n) is 8.29. The van der Waals surface area contributed by atoms with E-state index in [9.17, 15) is 4.79 Å². The number of hydrogen-bond donors (Lipinski definition) is 1. The molecule has 1 fully saturated rings. The number of rotatable bonds is 2. The molecular weight excluding hydrogens is 166 g/mol. The van der Waals surface area contributed by atoms with Crippen molar-refractivity contribution in [3.63, 3.8) is 0 Å². The van der Waals surface area contributed by atoms with Gasteiger partial charge in [-0.15, -0.1) is 0 Å². The Morgan fingerprint density at radius 2 is 2.00 bits per heavy atom. The molecule has 0 saturated carbocycles. The van der Waals surface area contributed by atoms with Crippen LogP contribution in [0.3, 0.4) is 0 Å². The van der Waals surface area contributed by atoms with Gasteiger partial charge in [0.15, 0.2) is 0 Å². The molecular formula is C10H17NO2. The normalized spacial score (nSPS) is 21.8. The lowest BCUT2D eigenvalue weighted by molar-refractivity contribution is -0.132. The quantitative estimate of drug-likeness (QED) is 0.657. The van der Waals surface area contributed by atoms with Gasteiger partial charge in [0.05, 0.1) is 0 Å². The SMILES string of the molecule is CC(=CC1CCN(C)CC1)C(=O)O. The van der Waals surface area contributed by atoms with E-state index in [0.717, 1.165) is 25.9 Å². The minimum absolute atomic E-state index is 0.465. The first kappa shape index (κ1) is 10.3. The topological polar surface area (TPSA) is 40.5 Å². The Balaban J connectivity index is 2.46. The number of piperidine rings is 1. The Morgan fingerprint density at radius 3 is 2.46 bits per heavy atom. The zero-order chi connectivity index (χ0) is 9.84. The van der Waals surface area contributed by atoms with Gasteiger partial charge in [0.2, 0.25) is 0 Å². The van der Waals surface area contributed by atoms with Gasteiger partial charge in [0, 0.05) is 5.57 Å². The van der Waals surface area contributed by atoms with Gasteiger partial charge < -0.3 is 10.0 Å². The predicted molar refractivity (Wildman–Crippen MR) is 51.6 cm³/mol. The highest BCUT2D eigenvalue weighted by molar-refractivity contribution is 5.85. The maximum Gasteiger partial charge on any atom is 0.330 e. The van der Waals surface area contributed by atoms with Crippen LogP contribution in [0.1, 0.15) is 19.8 Å². The minimum Gasteiger partial charge on any atom is -0.478 e. The smallest absolute Gasteiger partial charge is 0.330 e. The Kier molecular flexibility index (Phi) is 3.48. The molecule has 1 heterocycles. The Labute approximate surface area is 79.0 Å². The average Bonchev–Trinajstić information content (AvgIpc) is 2.08. The van der Waals surface area contributed by atoms with Crippen molar-refractivity contribution in [2.75, 3.05) is 20.1 Å². The van der Waals surface area contributed by atoms with Crippen molar-refractivity contribution in [2.24, 2.45) is 5.92 Å². The molecule has 1 aliphatic rings. The van der Waals surface area contributed by atoms with Crippen molar-refractivity contribution in [3.05, 3.63) is 11.6 Å². The van der Waals surface area contributed by atoms with Gasteiger partial charge in [-0.1, -0.05) is 6.08 Å². The highest BCUT2D eigenvalue weighted by Gasteiger charge is 2.15. The van der Waals surface area contributed by atoms with Crippen molar-refractivity contribution in [2.45, 2.75) is 19.8 Å². The van der Waals surface area contributed by atoms with Crippen molar-refractivity contribution in [3.8, 4) is 0 Å². The summed E-state index contributed by atoms with van der Waals surface area (Å²) in [7, 11) is 2.10. The highest BCUT2D eigenvalue weighted by Crippen LogP contribution is 2.18. The summed E-state index contributed by atoms with van der Waals surface area (Å²) >= 11 is 0. The Hall–Kier alpha value is -0.830. The van der Waals surface area contributed by atoms with Crippen molar-refractivity contribution >= 4 is 5.97 Å². The fourth-order valence-corrected chi connectivity index (χ4v) is 1.62. The van der Waals surface area contributed by atoms with Crippen LogP contribution in [0.4, 0.5) is 0 Å². The lowest BCUT2D eigenvalue weighted by Gasteiger charge is -2.27. The maximum absolute atomic E-state index is 10.6. The van der Waals surface area contributed by atoms with Crippen LogP contribution in [0.5, 0.6) is 0 Å². The molecule has 0 amide bonds. The molecule has 1 aliphatic heterocycles. The largest absolute Gasteiger partial charge is 0.478 e. The van der Waals surface area contributed by atoms with Crippen molar-refractivity contribution < 1.29 is 9.90 Å². The van der Waals surface area contributed by atoms with E-state index in [1.807, 2.05) is 6.08 Å². The summed E-state index contributed by atoms with van der Waals surface area (Å²) in [5.74, 6) is -0.328. The number of allylic oxidation sites excluding steroid dienone is 1. The summed E-state index contributed by atoms with van der Waals surface area (Å²) < 4.78 is 0. The van der Waals surface area contributed by atoms with Crippen LogP contribution in [-0.2, 0) is 4.79 Å². The fourth-order valence-electron chi connectivity index (χ4n) is 1.62. The van der Waals surface area contributed by atoms with E-state index >= 15 is 0 Å². The van der Waals surface area contributed by atoms with Crippen molar-refractivity contribution in [1.29, 1.82) is 0 Å². The molecule has 0 radical (unpaired) electrons. The number of carboxylic acid groups (broad SMARTS) is 1. The second-order valence-electron chi connectivity index (χ2n) is 3.80. The molecule has 1 saturated heterocycles. The van der Waals surface area contributed by atoms with E-state index in [1.165, 1.54) is 0 Å². The van der Waals surface area contributed by atoms with Gasteiger partial charge in [0.25, 0.3) is 0 Å². The molecule has 0 bridgehead atoms. The van der Waals surface area contributed by atoms with Crippen LogP contribution < -0.4 is 0 Å². The average molecular weight is 183 g/mol. The zero-order valence-corrected chi connectivity index (χ0v) is 8.29. The molecule has 0 aromatic rings. The summed E-state index contributed by atoms with van der Waals surface area (Å²) in [5, 5.41) is 8.69. The van der Waals surface area contributed by atoms with Gasteiger partial charge in [-0.05, 0) is 45.8 Å². The van der Waals surface area contributed by atoms with Crippen LogP contribution in [0, 0.1) is 5.92 Å². The van der Waals surface area contributed by atoms with Crippen LogP contribution >= 0.6 is 0 Å². The molecule has 0 unspecified atom stereocenters. The molecule has 1 N–H and O–H groups in total. The molecule has 0 aromatic heterocycles. The second-order valence-corrected chi connectivity index (χ2v) is 3.80. The molecule has 1 rings (SSSR count). The predicted octanol–water partition coefficient (Wildman–Crippen LogP) is 1.36. The number of likely N-dealkylation sites (tertiary alicyclic amines) is 1. The third-order valence-corrected chi connectivity index (χ3v) is 2.59. The molecule has 0 atom stereocenters. The van der Waals surface area contributed by atoms with Crippen LogP contribution in [0.25, 0.3) is 0 Å². The van der Waals surface area contributed by atoms with E-state index in [0.29, 0.717) is 11.5 Å². The first-order chi connectivity index (χ1) is 6.09. The molecule has 3 nitrogen and oxygen atoms in total. The lowest BCUT2D eigenvalue weighted by atomic mass is 9.95. The Morgan fingerprint density at radius 1 is 1.46 bits per heavy atom. The summed E-state index contributed by atoms with van der Waals surface area (Å²) in [4.78, 5) is 12.8. The van der Waals surface area contributed by atoms with E-state index < -0.39 is 5.97 Å². The minimum atomic E-state index is -0.793. The van der Waals surface area contributed by atoms with Gasteiger partial charge in [-0.3, -0.25) is 0 Å². The molecule has 74 valence electrons. The first-order valence-corrected chi connectivity index (χ1v) is 4.70. The maximum atomic E-state index is 10.6. The number of hydrogen-bond acceptors (Lipinski definition) is 2. The number of aliphatic carboxylic acids is 1. The molecule has 0 aliphatic carbocycles. The third kappa shape index (κ3) is 3.19. The van der Waals surface area contributed by atoms with E-state index in [1.54, 1.807) is 6.92 Å². The monoisotopic (exact) mass is 183 g/mol. The van der Waals surface area contributed by atoms with Crippen molar-refractivity contribution in [1.82, 2.24) is 4.90 Å². The third-order valence-electron chi connectivity index (χ3n) is 2.59. The van der Waals surface area contributed by atoms with Gasteiger partial charge in [-0.25, -0.2) is 4.79 Å². The molecule has 13 heavy (non-hydrogen) atoms. The van der Waals surface area contributed by atoms with E-state index in [2.05, 4.69) is 11.9 Å². The summed E-state index contributed by atoms with van der Waals surface area (Å²) in [6.45, 7) is 3.82. The molecule has 0 aromatic carbocycles. The number of carboxylic acids is 1. The van der Waals surface area contributed by atoms with Gasteiger partial charge >= 0.3 is 5.97 Å². The first-order valence-electron chi connectivity index (χ1n) is 4.70. The molecule has 3 heteroatoms. The van der Waals surface area contributed by atoms with Gasteiger partial charge in [-0.2, -0.15) is 0 Å². The number of nitrogens with zero attached hydrogens (tertiary/aromatic N) is 1. The highest BCUT2D eigenvalue weighted by atomic mass is 16.4. The number of carbonyl (C=O) groups is 1. The fraction of sp³-hybridized carbons (Fsp3) is 0.700.